The third-order valence-electron chi connectivity index (χ3n) is 3.36. The quantitative estimate of drug-likeness (QED) is 0.782. The molecule has 6 nitrogen and oxygen atoms in total. The van der Waals surface area contributed by atoms with E-state index in [1.807, 2.05) is 61.5 Å². The minimum Gasteiger partial charge on any atom is -0.476 e. The Morgan fingerprint density at radius 1 is 1.09 bits per heavy atom. The van der Waals surface area contributed by atoms with E-state index in [1.165, 1.54) is 4.68 Å². The van der Waals surface area contributed by atoms with Crippen LogP contribution in [-0.2, 0) is 6.42 Å². The van der Waals surface area contributed by atoms with E-state index in [9.17, 15) is 4.79 Å². The maximum Gasteiger partial charge on any atom is 0.358 e. The number of hydrogen-bond acceptors (Lipinski definition) is 4. The Morgan fingerprint density at radius 3 is 2.35 bits per heavy atom. The molecule has 0 aliphatic heterocycles. The molecule has 3 aromatic rings. The maximum atomic E-state index is 11.1. The fraction of sp³-hybridized carbons (Fsp3) is 0.118. The second-order valence-electron chi connectivity index (χ2n) is 4.86. The monoisotopic (exact) mass is 309 g/mol. The van der Waals surface area contributed by atoms with Crippen LogP contribution in [0.2, 0.25) is 0 Å². The van der Waals surface area contributed by atoms with Gasteiger partial charge in [0.1, 0.15) is 11.5 Å². The van der Waals surface area contributed by atoms with Crippen LogP contribution in [0.25, 0.3) is 5.69 Å². The van der Waals surface area contributed by atoms with Crippen molar-refractivity contribution in [3.63, 3.8) is 0 Å². The van der Waals surface area contributed by atoms with Gasteiger partial charge in [0.15, 0.2) is 5.69 Å². The van der Waals surface area contributed by atoms with E-state index in [1.54, 1.807) is 0 Å². The van der Waals surface area contributed by atoms with Crippen LogP contribution in [-0.4, -0.2) is 26.1 Å². The normalized spacial score (nSPS) is 10.5. The number of carboxylic acids is 1. The van der Waals surface area contributed by atoms with Gasteiger partial charge in [-0.15, -0.1) is 5.10 Å². The standard InChI is InChI=1S/C17H15N3O3/c1-2-15-16(17(21)22)18-19-20(15)12-8-10-14(11-9-12)23-13-6-4-3-5-7-13/h3-11H,2H2,1H3,(H,21,22). The molecule has 0 amide bonds. The van der Waals surface area contributed by atoms with Gasteiger partial charge in [0.25, 0.3) is 0 Å². The second-order valence-corrected chi connectivity index (χ2v) is 4.86. The highest BCUT2D eigenvalue weighted by atomic mass is 16.5. The molecule has 116 valence electrons. The highest BCUT2D eigenvalue weighted by Gasteiger charge is 2.18. The van der Waals surface area contributed by atoms with Crippen molar-refractivity contribution in [1.29, 1.82) is 0 Å². The Bertz CT molecular complexity index is 811. The van der Waals surface area contributed by atoms with E-state index in [0.717, 1.165) is 11.4 Å². The van der Waals surface area contributed by atoms with Crippen molar-refractivity contribution in [3.8, 4) is 17.2 Å². The molecule has 3 rings (SSSR count). The molecule has 0 aliphatic carbocycles. The third-order valence-corrected chi connectivity index (χ3v) is 3.36. The fourth-order valence-corrected chi connectivity index (χ4v) is 2.27. The molecule has 6 heteroatoms. The number of carboxylic acid groups (broad SMARTS) is 1. The summed E-state index contributed by atoms with van der Waals surface area (Å²) in [5.74, 6) is 0.372. The van der Waals surface area contributed by atoms with E-state index in [2.05, 4.69) is 10.3 Å². The highest BCUT2D eigenvalue weighted by Crippen LogP contribution is 2.23. The Labute approximate surface area is 133 Å². The molecule has 0 bridgehead atoms. The zero-order chi connectivity index (χ0) is 16.2. The number of rotatable bonds is 5. The molecule has 0 unspecified atom stereocenters. The number of ether oxygens (including phenoxy) is 1. The van der Waals surface area contributed by atoms with Gasteiger partial charge in [-0.25, -0.2) is 9.48 Å². The summed E-state index contributed by atoms with van der Waals surface area (Å²) in [6.45, 7) is 1.87. The highest BCUT2D eigenvalue weighted by molar-refractivity contribution is 5.86. The van der Waals surface area contributed by atoms with Gasteiger partial charge in [-0.1, -0.05) is 30.3 Å². The molecule has 1 heterocycles. The van der Waals surface area contributed by atoms with Gasteiger partial charge in [-0.2, -0.15) is 0 Å². The number of nitrogens with zero attached hydrogens (tertiary/aromatic N) is 3. The molecule has 0 fully saturated rings. The van der Waals surface area contributed by atoms with Gasteiger partial charge in [-0.3, -0.25) is 0 Å². The lowest BCUT2D eigenvalue weighted by molar-refractivity contribution is 0.0689. The zero-order valence-corrected chi connectivity index (χ0v) is 12.5. The lowest BCUT2D eigenvalue weighted by Crippen LogP contribution is -2.05. The summed E-state index contributed by atoms with van der Waals surface area (Å²) in [6, 6.07) is 16.7. The fourth-order valence-electron chi connectivity index (χ4n) is 2.27. The van der Waals surface area contributed by atoms with Crippen molar-refractivity contribution in [2.75, 3.05) is 0 Å². The molecule has 0 saturated heterocycles. The van der Waals surface area contributed by atoms with Gasteiger partial charge in [0.2, 0.25) is 0 Å². The van der Waals surface area contributed by atoms with E-state index >= 15 is 0 Å². The molecule has 2 aromatic carbocycles. The van der Waals surface area contributed by atoms with Crippen LogP contribution in [0.15, 0.2) is 54.6 Å². The minimum atomic E-state index is -1.07. The van der Waals surface area contributed by atoms with Crippen molar-refractivity contribution in [1.82, 2.24) is 15.0 Å². The average Bonchev–Trinajstić information content (AvgIpc) is 3.01. The minimum absolute atomic E-state index is 0.0166. The Hall–Kier alpha value is -3.15. The van der Waals surface area contributed by atoms with Gasteiger partial charge >= 0.3 is 5.97 Å². The molecule has 0 radical (unpaired) electrons. The summed E-state index contributed by atoms with van der Waals surface area (Å²) in [6.07, 6.45) is 0.525. The summed E-state index contributed by atoms with van der Waals surface area (Å²) in [5.41, 5.74) is 1.29. The molecular formula is C17H15N3O3. The molecule has 0 saturated carbocycles. The molecular weight excluding hydrogens is 294 g/mol. The first-order valence-electron chi connectivity index (χ1n) is 7.20. The number of benzene rings is 2. The molecule has 23 heavy (non-hydrogen) atoms. The Kier molecular flexibility index (Phi) is 4.05. The maximum absolute atomic E-state index is 11.1. The number of hydrogen-bond donors (Lipinski definition) is 1. The summed E-state index contributed by atoms with van der Waals surface area (Å²) < 4.78 is 7.27. The predicted molar refractivity (Wildman–Crippen MR) is 84.2 cm³/mol. The summed E-state index contributed by atoms with van der Waals surface area (Å²) >= 11 is 0. The van der Waals surface area contributed by atoms with Crippen molar-refractivity contribution < 1.29 is 14.6 Å². The second kappa shape index (κ2) is 6.31. The Balaban J connectivity index is 1.87. The summed E-state index contributed by atoms with van der Waals surface area (Å²) in [7, 11) is 0. The third kappa shape index (κ3) is 3.06. The van der Waals surface area contributed by atoms with Crippen molar-refractivity contribution in [3.05, 3.63) is 66.0 Å². The number of aromatic carboxylic acids is 1. The first-order chi connectivity index (χ1) is 11.2. The van der Waals surface area contributed by atoms with Crippen LogP contribution >= 0.6 is 0 Å². The van der Waals surface area contributed by atoms with Crippen LogP contribution in [0.4, 0.5) is 0 Å². The van der Waals surface area contributed by atoms with Crippen molar-refractivity contribution in [2.24, 2.45) is 0 Å². The van der Waals surface area contributed by atoms with Crippen LogP contribution in [0.5, 0.6) is 11.5 Å². The smallest absolute Gasteiger partial charge is 0.358 e. The first-order valence-corrected chi connectivity index (χ1v) is 7.20. The van der Waals surface area contributed by atoms with E-state index in [4.69, 9.17) is 9.84 Å². The lowest BCUT2D eigenvalue weighted by Gasteiger charge is -2.08. The van der Waals surface area contributed by atoms with Crippen LogP contribution in [0.3, 0.4) is 0 Å². The molecule has 1 aromatic heterocycles. The predicted octanol–water partition coefficient (Wildman–Crippen LogP) is 3.32. The molecule has 0 atom stereocenters. The van der Waals surface area contributed by atoms with Crippen LogP contribution in [0.1, 0.15) is 23.1 Å². The zero-order valence-electron chi connectivity index (χ0n) is 12.5. The Morgan fingerprint density at radius 2 is 1.74 bits per heavy atom. The average molecular weight is 309 g/mol. The number of para-hydroxylation sites is 1. The van der Waals surface area contributed by atoms with Crippen molar-refractivity contribution >= 4 is 5.97 Å². The van der Waals surface area contributed by atoms with Crippen molar-refractivity contribution in [2.45, 2.75) is 13.3 Å². The van der Waals surface area contributed by atoms with E-state index in [-0.39, 0.29) is 5.69 Å². The topological polar surface area (TPSA) is 77.2 Å². The van der Waals surface area contributed by atoms with Crippen LogP contribution in [0, 0.1) is 0 Å². The van der Waals surface area contributed by atoms with Gasteiger partial charge in [-0.05, 0) is 42.8 Å². The van der Waals surface area contributed by atoms with E-state index in [0.29, 0.717) is 17.9 Å². The summed E-state index contributed by atoms with van der Waals surface area (Å²) in [4.78, 5) is 11.1. The van der Waals surface area contributed by atoms with E-state index < -0.39 is 5.97 Å². The number of aromatic nitrogens is 3. The number of carbonyl (C=O) groups is 1. The molecule has 0 aliphatic rings. The lowest BCUT2D eigenvalue weighted by atomic mass is 10.2. The first kappa shape index (κ1) is 14.8. The van der Waals surface area contributed by atoms with Gasteiger partial charge in [0.05, 0.1) is 11.4 Å². The van der Waals surface area contributed by atoms with Gasteiger partial charge < -0.3 is 9.84 Å². The molecule has 0 spiro atoms. The SMILES string of the molecule is CCc1c(C(=O)O)nnn1-c1ccc(Oc2ccccc2)cc1. The van der Waals surface area contributed by atoms with Gasteiger partial charge in [0, 0.05) is 0 Å². The largest absolute Gasteiger partial charge is 0.476 e. The van der Waals surface area contributed by atoms with Crippen LogP contribution < -0.4 is 4.74 Å². The molecule has 1 N–H and O–H groups in total. The summed E-state index contributed by atoms with van der Waals surface area (Å²) in [5, 5.41) is 16.8.